The molecule has 1 heterocycles. The van der Waals surface area contributed by atoms with Gasteiger partial charge in [-0.15, -0.1) is 11.3 Å². The van der Waals surface area contributed by atoms with Crippen LogP contribution in [0, 0.1) is 6.92 Å². The molecule has 0 bridgehead atoms. The summed E-state index contributed by atoms with van der Waals surface area (Å²) in [6.45, 7) is 3.05. The third-order valence-corrected chi connectivity index (χ3v) is 5.86. The third-order valence-electron chi connectivity index (χ3n) is 4.93. The molecule has 1 amide bonds. The van der Waals surface area contributed by atoms with E-state index in [-0.39, 0.29) is 5.91 Å². The first-order chi connectivity index (χ1) is 14.7. The maximum Gasteiger partial charge on any atom is 0.220 e. The van der Waals surface area contributed by atoms with Gasteiger partial charge in [-0.05, 0) is 41.8 Å². The van der Waals surface area contributed by atoms with Gasteiger partial charge in [0.15, 0.2) is 0 Å². The second kappa shape index (κ2) is 9.55. The summed E-state index contributed by atoms with van der Waals surface area (Å²) in [5, 5.41) is 8.29. The van der Waals surface area contributed by atoms with E-state index < -0.39 is 0 Å². The molecule has 4 aromatic rings. The Labute approximate surface area is 180 Å². The number of nitrogens with one attached hydrogen (secondary N) is 1. The molecule has 152 valence electrons. The highest BCUT2D eigenvalue weighted by Crippen LogP contribution is 2.26. The average Bonchev–Trinajstić information content (AvgIpc) is 3.24. The van der Waals surface area contributed by atoms with Crippen LogP contribution in [0.4, 0.5) is 0 Å². The van der Waals surface area contributed by atoms with Crippen LogP contribution in [0.1, 0.15) is 24.1 Å². The van der Waals surface area contributed by atoms with E-state index >= 15 is 0 Å². The van der Waals surface area contributed by atoms with Crippen molar-refractivity contribution in [2.24, 2.45) is 0 Å². The maximum absolute atomic E-state index is 12.1. The fraction of sp³-hybridized carbons (Fsp3) is 0.200. The Morgan fingerprint density at radius 1 is 1.03 bits per heavy atom. The number of hydrogen-bond acceptors (Lipinski definition) is 4. The van der Waals surface area contributed by atoms with E-state index in [9.17, 15) is 4.79 Å². The number of ether oxygens (including phenoxy) is 1. The average molecular weight is 417 g/mol. The molecule has 5 heteroatoms. The van der Waals surface area contributed by atoms with Gasteiger partial charge in [-0.3, -0.25) is 4.79 Å². The first-order valence-corrected chi connectivity index (χ1v) is 11.0. The number of nitrogens with zero attached hydrogens (tertiary/aromatic N) is 1. The Bertz CT molecular complexity index is 1150. The van der Waals surface area contributed by atoms with Gasteiger partial charge in [0, 0.05) is 17.4 Å². The fourth-order valence-corrected chi connectivity index (χ4v) is 4.19. The number of aromatic nitrogens is 1. The van der Waals surface area contributed by atoms with E-state index in [1.165, 1.54) is 10.9 Å². The number of rotatable bonds is 8. The summed E-state index contributed by atoms with van der Waals surface area (Å²) < 4.78 is 5.80. The number of carbonyl (C=O) groups excluding carboxylic acids is 1. The van der Waals surface area contributed by atoms with Crippen molar-refractivity contribution < 1.29 is 9.53 Å². The Kier molecular flexibility index (Phi) is 6.40. The number of carbonyl (C=O) groups is 1. The summed E-state index contributed by atoms with van der Waals surface area (Å²) in [7, 11) is 0. The number of amides is 1. The molecule has 0 unspecified atom stereocenters. The van der Waals surface area contributed by atoms with Crippen molar-refractivity contribution in [1.29, 1.82) is 0 Å². The van der Waals surface area contributed by atoms with Crippen LogP contribution in [0.25, 0.3) is 21.3 Å². The van der Waals surface area contributed by atoms with Gasteiger partial charge in [0.05, 0.1) is 18.8 Å². The van der Waals surface area contributed by atoms with Crippen LogP contribution in [0.3, 0.4) is 0 Å². The van der Waals surface area contributed by atoms with Crippen molar-refractivity contribution in [3.8, 4) is 16.3 Å². The molecular formula is C25H24N2O2S. The van der Waals surface area contributed by atoms with Crippen LogP contribution in [0.15, 0.2) is 72.1 Å². The van der Waals surface area contributed by atoms with Crippen molar-refractivity contribution in [2.45, 2.75) is 26.3 Å². The third kappa shape index (κ3) is 5.05. The lowest BCUT2D eigenvalue weighted by atomic mass is 10.1. The van der Waals surface area contributed by atoms with E-state index in [0.717, 1.165) is 27.4 Å². The minimum Gasteiger partial charge on any atom is -0.494 e. The van der Waals surface area contributed by atoms with Crippen LogP contribution in [0.2, 0.25) is 0 Å². The largest absolute Gasteiger partial charge is 0.494 e. The summed E-state index contributed by atoms with van der Waals surface area (Å²) in [4.78, 5) is 16.8. The summed E-state index contributed by atoms with van der Waals surface area (Å²) in [6, 6.07) is 22.4. The molecule has 0 spiro atoms. The Morgan fingerprint density at radius 3 is 2.70 bits per heavy atom. The smallest absolute Gasteiger partial charge is 0.220 e. The van der Waals surface area contributed by atoms with Gasteiger partial charge < -0.3 is 10.1 Å². The molecule has 1 aromatic heterocycles. The zero-order valence-electron chi connectivity index (χ0n) is 16.9. The number of aryl methyl sites for hydroxylation is 1. The molecule has 0 aliphatic carbocycles. The van der Waals surface area contributed by atoms with Gasteiger partial charge in [-0.1, -0.05) is 54.6 Å². The van der Waals surface area contributed by atoms with Gasteiger partial charge >= 0.3 is 0 Å². The highest BCUT2D eigenvalue weighted by atomic mass is 32.1. The van der Waals surface area contributed by atoms with Crippen LogP contribution >= 0.6 is 11.3 Å². The van der Waals surface area contributed by atoms with Crippen molar-refractivity contribution in [3.63, 3.8) is 0 Å². The second-order valence-corrected chi connectivity index (χ2v) is 8.05. The van der Waals surface area contributed by atoms with Gasteiger partial charge in [0.1, 0.15) is 10.8 Å². The monoisotopic (exact) mass is 416 g/mol. The first-order valence-electron chi connectivity index (χ1n) is 10.1. The molecule has 0 aliphatic rings. The quantitative estimate of drug-likeness (QED) is 0.372. The molecule has 1 N–H and O–H groups in total. The van der Waals surface area contributed by atoms with Gasteiger partial charge in [0.25, 0.3) is 0 Å². The first kappa shape index (κ1) is 20.1. The standard InChI is InChI=1S/C25H24N2O2S/c1-18-7-2-5-10-23(18)25-27-21(17-30-25)16-26-24(28)11-6-14-29-22-13-12-19-8-3-4-9-20(19)15-22/h2-5,7-10,12-13,15,17H,6,11,14,16H2,1H3,(H,26,28). The maximum atomic E-state index is 12.1. The number of benzene rings is 3. The summed E-state index contributed by atoms with van der Waals surface area (Å²) in [6.07, 6.45) is 1.10. The van der Waals surface area contributed by atoms with E-state index in [1.807, 2.05) is 41.8 Å². The van der Waals surface area contributed by atoms with Crippen molar-refractivity contribution >= 4 is 28.0 Å². The topological polar surface area (TPSA) is 51.2 Å². The van der Waals surface area contributed by atoms with Crippen LogP contribution in [-0.2, 0) is 11.3 Å². The second-order valence-electron chi connectivity index (χ2n) is 7.20. The minimum absolute atomic E-state index is 0.0163. The fourth-order valence-electron chi connectivity index (χ4n) is 3.28. The number of hydrogen-bond donors (Lipinski definition) is 1. The SMILES string of the molecule is Cc1ccccc1-c1nc(CNC(=O)CCCOc2ccc3ccccc3c2)cs1. The molecule has 0 aliphatic heterocycles. The summed E-state index contributed by atoms with van der Waals surface area (Å²) >= 11 is 1.61. The van der Waals surface area contributed by atoms with Gasteiger partial charge in [0.2, 0.25) is 5.91 Å². The van der Waals surface area contributed by atoms with E-state index in [2.05, 4.69) is 47.6 Å². The molecule has 0 atom stereocenters. The van der Waals surface area contributed by atoms with E-state index in [4.69, 9.17) is 4.74 Å². The molecule has 30 heavy (non-hydrogen) atoms. The predicted molar refractivity (Wildman–Crippen MR) is 123 cm³/mol. The summed E-state index contributed by atoms with van der Waals surface area (Å²) in [5.74, 6) is 0.850. The van der Waals surface area contributed by atoms with Crippen LogP contribution < -0.4 is 10.1 Å². The Hall–Kier alpha value is -3.18. The van der Waals surface area contributed by atoms with Gasteiger partial charge in [-0.25, -0.2) is 4.98 Å². The van der Waals surface area contributed by atoms with Crippen molar-refractivity contribution in [3.05, 3.63) is 83.4 Å². The summed E-state index contributed by atoms with van der Waals surface area (Å²) in [5.41, 5.74) is 3.23. The predicted octanol–water partition coefficient (Wildman–Crippen LogP) is 5.75. The molecule has 3 aromatic carbocycles. The zero-order valence-corrected chi connectivity index (χ0v) is 17.7. The van der Waals surface area contributed by atoms with Crippen LogP contribution in [0.5, 0.6) is 5.75 Å². The Balaban J connectivity index is 1.20. The molecule has 0 saturated carbocycles. The van der Waals surface area contributed by atoms with E-state index in [1.54, 1.807) is 11.3 Å². The number of fused-ring (bicyclic) bond motifs is 1. The minimum atomic E-state index is 0.0163. The molecule has 4 nitrogen and oxygen atoms in total. The molecular weight excluding hydrogens is 392 g/mol. The molecule has 0 fully saturated rings. The molecule has 0 radical (unpaired) electrons. The lowest BCUT2D eigenvalue weighted by Gasteiger charge is -2.07. The number of thiazole rings is 1. The van der Waals surface area contributed by atoms with Gasteiger partial charge in [-0.2, -0.15) is 0 Å². The Morgan fingerprint density at radius 2 is 1.83 bits per heavy atom. The van der Waals surface area contributed by atoms with Crippen molar-refractivity contribution in [1.82, 2.24) is 10.3 Å². The normalized spacial score (nSPS) is 10.8. The highest BCUT2D eigenvalue weighted by molar-refractivity contribution is 7.13. The van der Waals surface area contributed by atoms with Crippen molar-refractivity contribution in [2.75, 3.05) is 6.61 Å². The van der Waals surface area contributed by atoms with E-state index in [0.29, 0.717) is 26.0 Å². The highest BCUT2D eigenvalue weighted by Gasteiger charge is 2.08. The molecule has 4 rings (SSSR count). The lowest BCUT2D eigenvalue weighted by Crippen LogP contribution is -2.23. The van der Waals surface area contributed by atoms with Crippen LogP contribution in [-0.4, -0.2) is 17.5 Å². The lowest BCUT2D eigenvalue weighted by molar-refractivity contribution is -0.121. The molecule has 0 saturated heterocycles. The zero-order chi connectivity index (χ0) is 20.8.